The largest absolute Gasteiger partial charge is 0.481 e. The molecule has 112 valence electrons. The second-order valence-corrected chi connectivity index (χ2v) is 4.33. The van der Waals surface area contributed by atoms with Gasteiger partial charge in [0.05, 0.1) is 18.0 Å². The van der Waals surface area contributed by atoms with Gasteiger partial charge in [0, 0.05) is 0 Å². The monoisotopic (exact) mass is 300 g/mol. The molecule has 21 heavy (non-hydrogen) atoms. The quantitative estimate of drug-likeness (QED) is 0.856. The number of rotatable bonds is 5. The molecule has 0 bridgehead atoms. The minimum Gasteiger partial charge on any atom is -0.481 e. The van der Waals surface area contributed by atoms with E-state index in [1.54, 1.807) is 6.92 Å². The first kappa shape index (κ1) is 14.9. The molecule has 0 aliphatic heterocycles. The van der Waals surface area contributed by atoms with E-state index < -0.39 is 29.5 Å². The average Bonchev–Trinajstić information content (AvgIpc) is 2.91. The summed E-state index contributed by atoms with van der Waals surface area (Å²) in [5, 5.41) is 19.4. The number of tetrazole rings is 1. The van der Waals surface area contributed by atoms with E-state index in [9.17, 15) is 18.0 Å². The van der Waals surface area contributed by atoms with Crippen molar-refractivity contribution in [3.8, 4) is 11.4 Å². The Balaban J connectivity index is 2.50. The van der Waals surface area contributed by atoms with Crippen molar-refractivity contribution in [2.24, 2.45) is 0 Å². The summed E-state index contributed by atoms with van der Waals surface area (Å²) in [6, 6.07) is 1.13. The number of aromatic nitrogens is 4. The molecule has 1 atom stereocenters. The molecule has 6 nitrogen and oxygen atoms in total. The molecule has 0 radical (unpaired) electrons. The third-order valence-electron chi connectivity index (χ3n) is 3.00. The second-order valence-electron chi connectivity index (χ2n) is 4.33. The van der Waals surface area contributed by atoms with Crippen molar-refractivity contribution >= 4 is 5.97 Å². The fraction of sp³-hybridized carbons (Fsp3) is 0.333. The Morgan fingerprint density at radius 2 is 2.05 bits per heavy atom. The van der Waals surface area contributed by atoms with Crippen molar-refractivity contribution in [2.45, 2.75) is 25.8 Å². The van der Waals surface area contributed by atoms with Crippen LogP contribution in [0.25, 0.3) is 11.4 Å². The first-order chi connectivity index (χ1) is 9.95. The summed E-state index contributed by atoms with van der Waals surface area (Å²) in [6.07, 6.45) is 0.0927. The molecule has 0 spiro atoms. The number of nitrogens with zero attached hydrogens (tertiary/aromatic N) is 4. The van der Waals surface area contributed by atoms with Gasteiger partial charge >= 0.3 is 5.97 Å². The van der Waals surface area contributed by atoms with Crippen LogP contribution in [0.1, 0.15) is 25.8 Å². The fourth-order valence-corrected chi connectivity index (χ4v) is 1.92. The molecule has 1 N–H and O–H groups in total. The highest BCUT2D eigenvalue weighted by atomic mass is 19.2. The van der Waals surface area contributed by atoms with Gasteiger partial charge in [0.25, 0.3) is 0 Å². The summed E-state index contributed by atoms with van der Waals surface area (Å²) in [5.41, 5.74) is -0.331. The zero-order valence-electron chi connectivity index (χ0n) is 10.9. The van der Waals surface area contributed by atoms with Gasteiger partial charge < -0.3 is 5.11 Å². The van der Waals surface area contributed by atoms with Crippen molar-refractivity contribution in [2.75, 3.05) is 0 Å². The normalized spacial score (nSPS) is 12.4. The maximum absolute atomic E-state index is 13.8. The number of halogens is 3. The van der Waals surface area contributed by atoms with Crippen molar-refractivity contribution in [3.05, 3.63) is 29.6 Å². The minimum atomic E-state index is -1.63. The van der Waals surface area contributed by atoms with E-state index in [1.807, 2.05) is 0 Å². The van der Waals surface area contributed by atoms with Crippen LogP contribution in [-0.4, -0.2) is 31.3 Å². The lowest BCUT2D eigenvalue weighted by Crippen LogP contribution is -2.16. The summed E-state index contributed by atoms with van der Waals surface area (Å²) >= 11 is 0. The minimum absolute atomic E-state index is 0.153. The van der Waals surface area contributed by atoms with Crippen molar-refractivity contribution < 1.29 is 23.1 Å². The lowest BCUT2D eigenvalue weighted by Gasteiger charge is -2.14. The highest BCUT2D eigenvalue weighted by Gasteiger charge is 2.24. The van der Waals surface area contributed by atoms with Gasteiger partial charge in [0.15, 0.2) is 23.3 Å². The van der Waals surface area contributed by atoms with Gasteiger partial charge in [-0.25, -0.2) is 17.9 Å². The highest BCUT2D eigenvalue weighted by molar-refractivity contribution is 5.67. The van der Waals surface area contributed by atoms with E-state index in [0.29, 0.717) is 6.42 Å². The summed E-state index contributed by atoms with van der Waals surface area (Å²) in [4.78, 5) is 10.8. The zero-order chi connectivity index (χ0) is 15.6. The van der Waals surface area contributed by atoms with Crippen LogP contribution in [0.4, 0.5) is 13.2 Å². The summed E-state index contributed by atoms with van der Waals surface area (Å²) in [5.74, 6) is -5.61. The molecule has 1 aromatic carbocycles. The average molecular weight is 300 g/mol. The van der Waals surface area contributed by atoms with E-state index >= 15 is 0 Å². The molecule has 0 fully saturated rings. The number of carboxylic acid groups (broad SMARTS) is 1. The predicted molar refractivity (Wildman–Crippen MR) is 64.7 cm³/mol. The molecule has 9 heteroatoms. The molecular formula is C12H11F3N4O2. The standard InChI is InChI=1S/C12H11F3N4O2/c1-2-6(5-9(20)21)19-12(16-17-18-19)7-3-4-8(13)11(15)10(7)14/h3-4,6H,2,5H2,1H3,(H,20,21). The van der Waals surface area contributed by atoms with Crippen LogP contribution in [-0.2, 0) is 4.79 Å². The summed E-state index contributed by atoms with van der Waals surface area (Å²) in [7, 11) is 0. The van der Waals surface area contributed by atoms with Crippen LogP contribution in [0, 0.1) is 17.5 Å². The zero-order valence-corrected chi connectivity index (χ0v) is 10.9. The van der Waals surface area contributed by atoms with Crippen LogP contribution in [0.5, 0.6) is 0 Å². The molecule has 0 aliphatic carbocycles. The topological polar surface area (TPSA) is 80.9 Å². The molecule has 2 rings (SSSR count). The number of carbonyl (C=O) groups is 1. The van der Waals surface area contributed by atoms with E-state index in [0.717, 1.165) is 16.8 Å². The molecular weight excluding hydrogens is 289 g/mol. The van der Waals surface area contributed by atoms with E-state index in [1.165, 1.54) is 0 Å². The molecule has 2 aromatic rings. The molecule has 0 saturated heterocycles. The van der Waals surface area contributed by atoms with Gasteiger partial charge in [-0.05, 0) is 29.0 Å². The number of hydrogen-bond acceptors (Lipinski definition) is 4. The lowest BCUT2D eigenvalue weighted by atomic mass is 10.1. The van der Waals surface area contributed by atoms with Crippen LogP contribution in [0.2, 0.25) is 0 Å². The highest BCUT2D eigenvalue weighted by Crippen LogP contribution is 2.27. The van der Waals surface area contributed by atoms with Crippen molar-refractivity contribution in [1.29, 1.82) is 0 Å². The first-order valence-electron chi connectivity index (χ1n) is 6.09. The Morgan fingerprint density at radius 3 is 2.67 bits per heavy atom. The van der Waals surface area contributed by atoms with Gasteiger partial charge in [-0.2, -0.15) is 0 Å². The summed E-state index contributed by atoms with van der Waals surface area (Å²) in [6.45, 7) is 1.71. The van der Waals surface area contributed by atoms with Gasteiger partial charge in [-0.1, -0.05) is 6.92 Å². The van der Waals surface area contributed by atoms with E-state index in [-0.39, 0.29) is 17.8 Å². The second kappa shape index (κ2) is 5.90. The van der Waals surface area contributed by atoms with E-state index in [4.69, 9.17) is 5.11 Å². The predicted octanol–water partition coefficient (Wildman–Crippen LogP) is 2.18. The van der Waals surface area contributed by atoms with Crippen molar-refractivity contribution in [1.82, 2.24) is 20.2 Å². The number of carboxylic acids is 1. The summed E-state index contributed by atoms with van der Waals surface area (Å²) < 4.78 is 41.1. The first-order valence-corrected chi connectivity index (χ1v) is 6.09. The Bertz CT molecular complexity index is 675. The van der Waals surface area contributed by atoms with Gasteiger partial charge in [0.1, 0.15) is 0 Å². The Hall–Kier alpha value is -2.45. The Kier molecular flexibility index (Phi) is 4.20. The third-order valence-corrected chi connectivity index (χ3v) is 3.00. The number of benzene rings is 1. The maximum Gasteiger partial charge on any atom is 0.305 e. The number of aliphatic carboxylic acids is 1. The Morgan fingerprint density at radius 1 is 1.33 bits per heavy atom. The van der Waals surface area contributed by atoms with Crippen LogP contribution >= 0.6 is 0 Å². The SMILES string of the molecule is CCC(CC(=O)O)n1nnnc1-c1ccc(F)c(F)c1F. The molecule has 0 saturated carbocycles. The van der Waals surface area contributed by atoms with Crippen LogP contribution < -0.4 is 0 Å². The lowest BCUT2D eigenvalue weighted by molar-refractivity contribution is -0.138. The fourth-order valence-electron chi connectivity index (χ4n) is 1.92. The van der Waals surface area contributed by atoms with Crippen molar-refractivity contribution in [3.63, 3.8) is 0 Å². The molecule has 1 aromatic heterocycles. The number of hydrogen-bond donors (Lipinski definition) is 1. The molecule has 1 unspecified atom stereocenters. The van der Waals surface area contributed by atoms with Crippen LogP contribution in [0.15, 0.2) is 12.1 Å². The van der Waals surface area contributed by atoms with Gasteiger partial charge in [-0.3, -0.25) is 4.79 Å². The molecule has 0 amide bonds. The van der Waals surface area contributed by atoms with Gasteiger partial charge in [-0.15, -0.1) is 5.10 Å². The Labute approximate surface area is 117 Å². The maximum atomic E-state index is 13.8. The van der Waals surface area contributed by atoms with Gasteiger partial charge in [0.2, 0.25) is 0 Å². The third kappa shape index (κ3) is 2.86. The molecule has 0 aliphatic rings. The van der Waals surface area contributed by atoms with E-state index in [2.05, 4.69) is 15.5 Å². The smallest absolute Gasteiger partial charge is 0.305 e. The van der Waals surface area contributed by atoms with Crippen LogP contribution in [0.3, 0.4) is 0 Å². The molecule has 1 heterocycles.